The fourth-order valence-corrected chi connectivity index (χ4v) is 4.21. The van der Waals surface area contributed by atoms with Crippen molar-refractivity contribution in [2.24, 2.45) is 11.8 Å². The van der Waals surface area contributed by atoms with E-state index < -0.39 is 0 Å². The Morgan fingerprint density at radius 1 is 0.667 bits per heavy atom. The molecule has 2 aliphatic rings. The van der Waals surface area contributed by atoms with E-state index in [1.165, 1.54) is 81.8 Å². The molecule has 0 spiro atoms. The molecule has 2 heteroatoms. The van der Waals surface area contributed by atoms with E-state index in [2.05, 4.69) is 14.1 Å². The van der Waals surface area contributed by atoms with E-state index in [4.69, 9.17) is 0 Å². The monoisotopic (exact) mass is 255 g/mol. The van der Waals surface area contributed by atoms with Crippen molar-refractivity contribution in [2.45, 2.75) is 64.2 Å². The molecule has 2 rings (SSSR count). The van der Waals surface area contributed by atoms with Gasteiger partial charge in [-0.25, -0.2) is 0 Å². The van der Waals surface area contributed by atoms with Gasteiger partial charge in [-0.1, -0.05) is 38.5 Å². The van der Waals surface area contributed by atoms with Gasteiger partial charge >= 0.3 is 0 Å². The van der Waals surface area contributed by atoms with Gasteiger partial charge in [-0.05, 0) is 25.7 Å². The molecule has 108 valence electrons. The first kappa shape index (κ1) is 16.0. The number of nitrogens with zero attached hydrogens (tertiary/aromatic N) is 1. The van der Waals surface area contributed by atoms with Gasteiger partial charge in [-0.15, -0.1) is 0 Å². The van der Waals surface area contributed by atoms with Gasteiger partial charge in [0.2, 0.25) is 0 Å². The van der Waals surface area contributed by atoms with Gasteiger partial charge in [0.1, 0.15) is 0 Å². The lowest BCUT2D eigenvalue weighted by atomic mass is 9.86. The van der Waals surface area contributed by atoms with E-state index in [9.17, 15) is 0 Å². The summed E-state index contributed by atoms with van der Waals surface area (Å²) in [5.74, 6) is 2.06. The van der Waals surface area contributed by atoms with E-state index in [-0.39, 0.29) is 5.48 Å². The number of quaternary nitrogens is 1. The summed E-state index contributed by atoms with van der Waals surface area (Å²) in [5.41, 5.74) is 0. The van der Waals surface area contributed by atoms with Crippen LogP contribution in [0.2, 0.25) is 0 Å². The first-order chi connectivity index (χ1) is 8.16. The lowest BCUT2D eigenvalue weighted by Gasteiger charge is -2.38. The van der Waals surface area contributed by atoms with E-state index >= 15 is 0 Å². The zero-order valence-corrected chi connectivity index (χ0v) is 12.5. The maximum absolute atomic E-state index is 2.48. The zero-order chi connectivity index (χ0) is 12.1. The maximum Gasteiger partial charge on any atom is 0.0811 e. The van der Waals surface area contributed by atoms with Crippen molar-refractivity contribution in [3.05, 3.63) is 0 Å². The molecule has 2 aliphatic carbocycles. The SMILES string of the molecule is C[N+](C)(CC1CCCCC1)CC1CCCCC1.[OH-]. The zero-order valence-electron chi connectivity index (χ0n) is 12.5. The Morgan fingerprint density at radius 3 is 1.33 bits per heavy atom. The van der Waals surface area contributed by atoms with Crippen LogP contribution in [0.15, 0.2) is 0 Å². The normalized spacial score (nSPS) is 23.7. The van der Waals surface area contributed by atoms with E-state index in [0.29, 0.717) is 0 Å². The Labute approximate surface area is 114 Å². The van der Waals surface area contributed by atoms with Crippen LogP contribution in [-0.4, -0.2) is 37.1 Å². The molecule has 1 N–H and O–H groups in total. The molecule has 0 aliphatic heterocycles. The van der Waals surface area contributed by atoms with Crippen molar-refractivity contribution in [1.82, 2.24) is 0 Å². The highest BCUT2D eigenvalue weighted by molar-refractivity contribution is 4.68. The van der Waals surface area contributed by atoms with Gasteiger partial charge in [0.25, 0.3) is 0 Å². The molecule has 0 aromatic rings. The Morgan fingerprint density at radius 2 is 1.00 bits per heavy atom. The molecule has 2 nitrogen and oxygen atoms in total. The predicted octanol–water partition coefficient (Wildman–Crippen LogP) is 4.05. The Bertz CT molecular complexity index is 193. The average Bonchev–Trinajstić information content (AvgIpc) is 2.30. The highest BCUT2D eigenvalue weighted by Crippen LogP contribution is 2.29. The van der Waals surface area contributed by atoms with Crippen molar-refractivity contribution in [3.8, 4) is 0 Å². The summed E-state index contributed by atoms with van der Waals surface area (Å²) in [4.78, 5) is 0. The first-order valence-electron chi connectivity index (χ1n) is 7.98. The second-order valence-corrected chi connectivity index (χ2v) is 7.31. The van der Waals surface area contributed by atoms with Crippen LogP contribution in [0.25, 0.3) is 0 Å². The van der Waals surface area contributed by atoms with Gasteiger partial charge in [0, 0.05) is 11.8 Å². The largest absolute Gasteiger partial charge is 0.870 e. The second-order valence-electron chi connectivity index (χ2n) is 7.31. The van der Waals surface area contributed by atoms with Gasteiger partial charge in [0.05, 0.1) is 27.2 Å². The molecule has 0 amide bonds. The molecule has 0 saturated heterocycles. The van der Waals surface area contributed by atoms with Crippen LogP contribution < -0.4 is 0 Å². The van der Waals surface area contributed by atoms with Crippen LogP contribution in [0.5, 0.6) is 0 Å². The lowest BCUT2D eigenvalue weighted by Crippen LogP contribution is -2.47. The molecule has 0 heterocycles. The molecular formula is C16H33NO. The Balaban J connectivity index is 0.00000162. The lowest BCUT2D eigenvalue weighted by molar-refractivity contribution is -0.897. The third-order valence-electron chi connectivity index (χ3n) is 4.95. The summed E-state index contributed by atoms with van der Waals surface area (Å²) in [7, 11) is 4.95. The number of hydrogen-bond donors (Lipinski definition) is 0. The highest BCUT2D eigenvalue weighted by Gasteiger charge is 2.27. The minimum absolute atomic E-state index is 0. The molecule has 0 atom stereocenters. The smallest absolute Gasteiger partial charge is 0.0811 e. The van der Waals surface area contributed by atoms with Gasteiger partial charge < -0.3 is 9.96 Å². The average molecular weight is 255 g/mol. The van der Waals surface area contributed by atoms with Gasteiger partial charge in [-0.3, -0.25) is 0 Å². The van der Waals surface area contributed by atoms with E-state index in [1.54, 1.807) is 0 Å². The molecule has 2 fully saturated rings. The Kier molecular flexibility index (Phi) is 6.65. The van der Waals surface area contributed by atoms with E-state index in [0.717, 1.165) is 11.8 Å². The van der Waals surface area contributed by atoms with Crippen molar-refractivity contribution < 1.29 is 9.96 Å². The fraction of sp³-hybridized carbons (Fsp3) is 1.00. The van der Waals surface area contributed by atoms with Gasteiger partial charge in [0.15, 0.2) is 0 Å². The summed E-state index contributed by atoms with van der Waals surface area (Å²) >= 11 is 0. The summed E-state index contributed by atoms with van der Waals surface area (Å²) in [5, 5.41) is 0. The first-order valence-corrected chi connectivity index (χ1v) is 7.98. The molecule has 0 radical (unpaired) electrons. The molecule has 18 heavy (non-hydrogen) atoms. The predicted molar refractivity (Wildman–Crippen MR) is 76.9 cm³/mol. The van der Waals surface area contributed by atoms with Crippen molar-refractivity contribution in [3.63, 3.8) is 0 Å². The molecule has 0 bridgehead atoms. The van der Waals surface area contributed by atoms with Crippen LogP contribution in [0.1, 0.15) is 64.2 Å². The number of rotatable bonds is 4. The summed E-state index contributed by atoms with van der Waals surface area (Å²) < 4.78 is 1.29. The molecule has 2 saturated carbocycles. The topological polar surface area (TPSA) is 30.0 Å². The molecule has 0 aromatic heterocycles. The van der Waals surface area contributed by atoms with Crippen molar-refractivity contribution >= 4 is 0 Å². The standard InChI is InChI=1S/C16H32N.H2O/c1-17(2,13-15-9-5-3-6-10-15)14-16-11-7-4-8-12-16;/h15-16H,3-14H2,1-2H3;1H2/q+1;/p-1. The third-order valence-corrected chi connectivity index (χ3v) is 4.95. The third kappa shape index (κ3) is 5.27. The quantitative estimate of drug-likeness (QED) is 0.697. The van der Waals surface area contributed by atoms with Crippen molar-refractivity contribution in [1.29, 1.82) is 0 Å². The van der Waals surface area contributed by atoms with Crippen LogP contribution in [0.3, 0.4) is 0 Å². The molecule has 0 aromatic carbocycles. The summed E-state index contributed by atoms with van der Waals surface area (Å²) in [6.45, 7) is 2.88. The molecule has 0 unspecified atom stereocenters. The number of hydrogen-bond acceptors (Lipinski definition) is 1. The van der Waals surface area contributed by atoms with Crippen LogP contribution in [-0.2, 0) is 0 Å². The molecular weight excluding hydrogens is 222 g/mol. The van der Waals surface area contributed by atoms with E-state index in [1.807, 2.05) is 0 Å². The fourth-order valence-electron chi connectivity index (χ4n) is 4.21. The van der Waals surface area contributed by atoms with Crippen molar-refractivity contribution in [2.75, 3.05) is 27.2 Å². The van der Waals surface area contributed by atoms with Gasteiger partial charge in [-0.2, -0.15) is 0 Å². The second kappa shape index (κ2) is 7.49. The van der Waals surface area contributed by atoms with Crippen LogP contribution in [0, 0.1) is 11.8 Å². The minimum Gasteiger partial charge on any atom is -0.870 e. The van der Waals surface area contributed by atoms with Crippen LogP contribution in [0.4, 0.5) is 0 Å². The summed E-state index contributed by atoms with van der Waals surface area (Å²) in [6.07, 6.45) is 15.0. The Hall–Kier alpha value is -0.0800. The minimum atomic E-state index is 0. The maximum atomic E-state index is 2.48. The summed E-state index contributed by atoms with van der Waals surface area (Å²) in [6, 6.07) is 0. The highest BCUT2D eigenvalue weighted by atomic mass is 16.0. The van der Waals surface area contributed by atoms with Crippen LogP contribution >= 0.6 is 0 Å².